The molecule has 1 aliphatic heterocycles. The van der Waals surface area contributed by atoms with Crippen LogP contribution in [-0.4, -0.2) is 18.4 Å². The van der Waals surface area contributed by atoms with Crippen molar-refractivity contribution >= 4 is 23.6 Å². The molecule has 1 saturated heterocycles. The van der Waals surface area contributed by atoms with Gasteiger partial charge in [-0.2, -0.15) is 0 Å². The number of ether oxygens (including phenoxy) is 1. The van der Waals surface area contributed by atoms with Crippen LogP contribution in [0, 0.1) is 0 Å². The van der Waals surface area contributed by atoms with Crippen LogP contribution in [0.3, 0.4) is 0 Å². The Bertz CT molecular complexity index is 686. The summed E-state index contributed by atoms with van der Waals surface area (Å²) < 4.78 is 10.3. The van der Waals surface area contributed by atoms with Gasteiger partial charge in [-0.1, -0.05) is 0 Å². The summed E-state index contributed by atoms with van der Waals surface area (Å²) in [6.07, 6.45) is 5.85. The van der Waals surface area contributed by atoms with Gasteiger partial charge in [-0.15, -0.1) is 0 Å². The molecule has 0 bridgehead atoms. The Kier molecular flexibility index (Phi) is 4.05. The molecule has 1 amide bonds. The summed E-state index contributed by atoms with van der Waals surface area (Å²) in [5.74, 6) is 0.664. The lowest BCUT2D eigenvalue weighted by atomic mass is 10.3. The molecular formula is C17H15NO4. The predicted molar refractivity (Wildman–Crippen MR) is 81.4 cm³/mol. The third kappa shape index (κ3) is 3.25. The monoisotopic (exact) mass is 297 g/mol. The number of anilines is 1. The first-order valence-electron chi connectivity index (χ1n) is 7.06. The number of hydrogen-bond acceptors (Lipinski definition) is 4. The van der Waals surface area contributed by atoms with Gasteiger partial charge >= 0.3 is 5.97 Å². The van der Waals surface area contributed by atoms with E-state index in [1.165, 1.54) is 12.3 Å². The Morgan fingerprint density at radius 2 is 2.05 bits per heavy atom. The first kappa shape index (κ1) is 14.1. The van der Waals surface area contributed by atoms with Crippen LogP contribution in [0.15, 0.2) is 53.2 Å². The SMILES string of the molecule is O=C(/C=C/c1ccco1)Oc1ccc(N2CCCC2=O)cc1. The molecule has 0 radical (unpaired) electrons. The van der Waals surface area contributed by atoms with Crippen LogP contribution < -0.4 is 9.64 Å². The first-order valence-corrected chi connectivity index (χ1v) is 7.06. The molecule has 0 spiro atoms. The maximum Gasteiger partial charge on any atom is 0.336 e. The summed E-state index contributed by atoms with van der Waals surface area (Å²) in [4.78, 5) is 25.1. The third-order valence-electron chi connectivity index (χ3n) is 3.37. The normalized spacial score (nSPS) is 14.7. The molecule has 112 valence electrons. The lowest BCUT2D eigenvalue weighted by Crippen LogP contribution is -2.23. The second-order valence-corrected chi connectivity index (χ2v) is 4.91. The van der Waals surface area contributed by atoms with Crippen molar-refractivity contribution in [2.24, 2.45) is 0 Å². The van der Waals surface area contributed by atoms with Crippen molar-refractivity contribution in [2.75, 3.05) is 11.4 Å². The van der Waals surface area contributed by atoms with Gasteiger partial charge in [-0.3, -0.25) is 4.79 Å². The van der Waals surface area contributed by atoms with Crippen LogP contribution in [0.4, 0.5) is 5.69 Å². The van der Waals surface area contributed by atoms with Crippen molar-refractivity contribution < 1.29 is 18.7 Å². The number of benzene rings is 1. The Balaban J connectivity index is 1.61. The smallest absolute Gasteiger partial charge is 0.336 e. The lowest BCUT2D eigenvalue weighted by Gasteiger charge is -2.15. The molecule has 1 aliphatic rings. The van der Waals surface area contributed by atoms with E-state index in [9.17, 15) is 9.59 Å². The number of furan rings is 1. The minimum absolute atomic E-state index is 0.131. The fraction of sp³-hybridized carbons (Fsp3) is 0.176. The molecule has 0 unspecified atom stereocenters. The first-order chi connectivity index (χ1) is 10.7. The van der Waals surface area contributed by atoms with Crippen LogP contribution in [0.5, 0.6) is 5.75 Å². The molecule has 5 nitrogen and oxygen atoms in total. The summed E-state index contributed by atoms with van der Waals surface area (Å²) >= 11 is 0. The van der Waals surface area contributed by atoms with Crippen molar-refractivity contribution in [3.63, 3.8) is 0 Å². The van der Waals surface area contributed by atoms with E-state index >= 15 is 0 Å². The Morgan fingerprint density at radius 1 is 1.23 bits per heavy atom. The maximum atomic E-state index is 11.7. The van der Waals surface area contributed by atoms with Crippen molar-refractivity contribution in [1.29, 1.82) is 0 Å². The number of hydrogen-bond donors (Lipinski definition) is 0. The van der Waals surface area contributed by atoms with Gasteiger partial charge in [-0.25, -0.2) is 4.79 Å². The standard InChI is InChI=1S/C17H15NO4/c19-16-4-1-11-18(16)13-5-7-15(8-6-13)22-17(20)10-9-14-3-2-12-21-14/h2-3,5-10,12H,1,4,11H2/b10-9+. The minimum atomic E-state index is -0.485. The van der Waals surface area contributed by atoms with E-state index < -0.39 is 5.97 Å². The van der Waals surface area contributed by atoms with Gasteiger partial charge < -0.3 is 14.1 Å². The van der Waals surface area contributed by atoms with Gasteiger partial charge in [0.25, 0.3) is 0 Å². The molecule has 3 rings (SSSR count). The van der Waals surface area contributed by atoms with Gasteiger partial charge in [0.05, 0.1) is 6.26 Å². The van der Waals surface area contributed by atoms with Gasteiger partial charge in [-0.05, 0) is 48.9 Å². The second kappa shape index (κ2) is 6.30. The molecule has 1 fully saturated rings. The Labute approximate surface area is 127 Å². The van der Waals surface area contributed by atoms with Crippen LogP contribution in [-0.2, 0) is 9.59 Å². The highest BCUT2D eigenvalue weighted by Crippen LogP contribution is 2.24. The molecule has 0 N–H and O–H groups in total. The number of amides is 1. The third-order valence-corrected chi connectivity index (χ3v) is 3.37. The summed E-state index contributed by atoms with van der Waals surface area (Å²) in [7, 11) is 0. The molecule has 0 aliphatic carbocycles. The van der Waals surface area contributed by atoms with Gasteiger partial charge in [0.15, 0.2) is 0 Å². The fourth-order valence-corrected chi connectivity index (χ4v) is 2.30. The van der Waals surface area contributed by atoms with Gasteiger partial charge in [0.1, 0.15) is 11.5 Å². The van der Waals surface area contributed by atoms with Crippen molar-refractivity contribution in [3.05, 3.63) is 54.5 Å². The Hall–Kier alpha value is -2.82. The highest BCUT2D eigenvalue weighted by atomic mass is 16.5. The lowest BCUT2D eigenvalue weighted by molar-refractivity contribution is -0.129. The minimum Gasteiger partial charge on any atom is -0.465 e. The summed E-state index contributed by atoms with van der Waals surface area (Å²) in [5.41, 5.74) is 0.827. The van der Waals surface area contributed by atoms with Crippen LogP contribution in [0.25, 0.3) is 6.08 Å². The van der Waals surface area contributed by atoms with Crippen molar-refractivity contribution in [2.45, 2.75) is 12.8 Å². The largest absolute Gasteiger partial charge is 0.465 e. The average Bonchev–Trinajstić information content (AvgIpc) is 3.17. The molecule has 0 saturated carbocycles. The Morgan fingerprint density at radius 3 is 2.68 bits per heavy atom. The number of esters is 1. The predicted octanol–water partition coefficient (Wildman–Crippen LogP) is 3.03. The quantitative estimate of drug-likeness (QED) is 0.494. The molecule has 0 atom stereocenters. The van der Waals surface area contributed by atoms with E-state index in [4.69, 9.17) is 9.15 Å². The highest BCUT2D eigenvalue weighted by molar-refractivity contribution is 5.95. The maximum absolute atomic E-state index is 11.7. The second-order valence-electron chi connectivity index (χ2n) is 4.91. The van der Waals surface area contributed by atoms with E-state index in [0.29, 0.717) is 17.9 Å². The van der Waals surface area contributed by atoms with Crippen molar-refractivity contribution in [3.8, 4) is 5.75 Å². The van der Waals surface area contributed by atoms with Crippen molar-refractivity contribution in [1.82, 2.24) is 0 Å². The van der Waals surface area contributed by atoms with Gasteiger partial charge in [0.2, 0.25) is 5.91 Å². The summed E-state index contributed by atoms with van der Waals surface area (Å²) in [6.45, 7) is 0.740. The molecule has 22 heavy (non-hydrogen) atoms. The zero-order chi connectivity index (χ0) is 15.4. The molecule has 1 aromatic heterocycles. The molecule has 5 heteroatoms. The number of carbonyl (C=O) groups is 2. The molecular weight excluding hydrogens is 282 g/mol. The van der Waals surface area contributed by atoms with Crippen LogP contribution >= 0.6 is 0 Å². The topological polar surface area (TPSA) is 59.8 Å². The number of carbonyl (C=O) groups excluding carboxylic acids is 2. The van der Waals surface area contributed by atoms with Gasteiger partial charge in [0, 0.05) is 24.7 Å². The highest BCUT2D eigenvalue weighted by Gasteiger charge is 2.21. The average molecular weight is 297 g/mol. The molecule has 2 heterocycles. The van der Waals surface area contributed by atoms with E-state index in [-0.39, 0.29) is 5.91 Å². The van der Waals surface area contributed by atoms with E-state index in [1.54, 1.807) is 47.4 Å². The zero-order valence-electron chi connectivity index (χ0n) is 11.9. The molecule has 2 aromatic rings. The van der Waals surface area contributed by atoms with E-state index in [1.807, 2.05) is 0 Å². The number of rotatable bonds is 4. The zero-order valence-corrected chi connectivity index (χ0v) is 11.9. The number of nitrogens with zero attached hydrogens (tertiary/aromatic N) is 1. The van der Waals surface area contributed by atoms with E-state index in [0.717, 1.165) is 18.7 Å². The van der Waals surface area contributed by atoms with Crippen LogP contribution in [0.2, 0.25) is 0 Å². The summed E-state index contributed by atoms with van der Waals surface area (Å²) in [5, 5.41) is 0. The fourth-order valence-electron chi connectivity index (χ4n) is 2.30. The summed E-state index contributed by atoms with van der Waals surface area (Å²) in [6, 6.07) is 10.4. The van der Waals surface area contributed by atoms with Crippen LogP contribution in [0.1, 0.15) is 18.6 Å². The molecule has 1 aromatic carbocycles. The van der Waals surface area contributed by atoms with E-state index in [2.05, 4.69) is 0 Å².